The molecule has 166 valence electrons. The van der Waals surface area contributed by atoms with Crippen LogP contribution in [0, 0.1) is 13.8 Å². The number of carbonyl (C=O) groups is 1. The lowest BCUT2D eigenvalue weighted by molar-refractivity contribution is 0.102. The van der Waals surface area contributed by atoms with Crippen molar-refractivity contribution in [3.8, 4) is 5.88 Å². The monoisotopic (exact) mass is 441 g/mol. The van der Waals surface area contributed by atoms with Crippen LogP contribution in [0.3, 0.4) is 0 Å². The van der Waals surface area contributed by atoms with Gasteiger partial charge in [-0.1, -0.05) is 0 Å². The zero-order valence-electron chi connectivity index (χ0n) is 18.5. The minimum Gasteiger partial charge on any atom is -0.481 e. The Morgan fingerprint density at radius 1 is 0.788 bits per heavy atom. The van der Waals surface area contributed by atoms with E-state index >= 15 is 0 Å². The van der Waals surface area contributed by atoms with Crippen molar-refractivity contribution in [2.75, 3.05) is 23.1 Å². The topological polar surface area (TPSA) is 114 Å². The molecule has 3 heterocycles. The number of methoxy groups -OCH3 is 1. The van der Waals surface area contributed by atoms with Crippen LogP contribution in [-0.2, 0) is 0 Å². The number of rotatable bonds is 7. The van der Waals surface area contributed by atoms with Crippen molar-refractivity contribution in [1.82, 2.24) is 19.9 Å². The third kappa shape index (κ3) is 5.79. The maximum absolute atomic E-state index is 12.5. The number of aryl methyl sites for hydroxylation is 2. The first-order chi connectivity index (χ1) is 16.0. The molecule has 1 aromatic carbocycles. The zero-order valence-corrected chi connectivity index (χ0v) is 18.5. The predicted octanol–water partition coefficient (Wildman–Crippen LogP) is 4.63. The van der Waals surface area contributed by atoms with Crippen LogP contribution in [0.5, 0.6) is 5.88 Å². The summed E-state index contributed by atoms with van der Waals surface area (Å²) >= 11 is 0. The standard InChI is InChI=1S/C24H23N7O2/c1-15-8-10-25-20(12-15)31-22-14-21(27-16(2)28-22)29-18-4-6-19(7-5-18)30-24(32)17-9-11-26-23(13-17)33-3/h4-14H,1-3H3,(H,30,32)(H2,25,27,28,29,31). The first-order valence-corrected chi connectivity index (χ1v) is 10.2. The lowest BCUT2D eigenvalue weighted by Crippen LogP contribution is -2.12. The summed E-state index contributed by atoms with van der Waals surface area (Å²) in [5.74, 6) is 2.74. The third-order valence-electron chi connectivity index (χ3n) is 4.63. The second-order valence-corrected chi connectivity index (χ2v) is 7.27. The fourth-order valence-electron chi connectivity index (χ4n) is 3.08. The van der Waals surface area contributed by atoms with Gasteiger partial charge in [-0.15, -0.1) is 0 Å². The van der Waals surface area contributed by atoms with Crippen molar-refractivity contribution in [3.05, 3.63) is 83.9 Å². The highest BCUT2D eigenvalue weighted by atomic mass is 16.5. The smallest absolute Gasteiger partial charge is 0.255 e. The molecule has 1 amide bonds. The van der Waals surface area contributed by atoms with Crippen molar-refractivity contribution in [2.45, 2.75) is 13.8 Å². The summed E-state index contributed by atoms with van der Waals surface area (Å²) in [5, 5.41) is 9.32. The zero-order chi connectivity index (χ0) is 23.2. The lowest BCUT2D eigenvalue weighted by atomic mass is 10.2. The average Bonchev–Trinajstić information content (AvgIpc) is 2.80. The fourth-order valence-corrected chi connectivity index (χ4v) is 3.08. The Bertz CT molecular complexity index is 1280. The summed E-state index contributed by atoms with van der Waals surface area (Å²) in [5.41, 5.74) is 3.04. The third-order valence-corrected chi connectivity index (χ3v) is 4.63. The molecule has 0 aliphatic rings. The van der Waals surface area contributed by atoms with Gasteiger partial charge in [0, 0.05) is 41.5 Å². The molecule has 0 spiro atoms. The van der Waals surface area contributed by atoms with E-state index in [0.29, 0.717) is 40.4 Å². The average molecular weight is 441 g/mol. The second-order valence-electron chi connectivity index (χ2n) is 7.27. The van der Waals surface area contributed by atoms with E-state index in [-0.39, 0.29) is 5.91 Å². The molecule has 0 saturated carbocycles. The molecule has 0 atom stereocenters. The molecule has 0 aliphatic heterocycles. The van der Waals surface area contributed by atoms with Gasteiger partial charge in [0.25, 0.3) is 5.91 Å². The highest BCUT2D eigenvalue weighted by Crippen LogP contribution is 2.22. The SMILES string of the molecule is COc1cc(C(=O)Nc2ccc(Nc3cc(Nc4cc(C)ccn4)nc(C)n3)cc2)ccn1. The molecule has 4 aromatic rings. The highest BCUT2D eigenvalue weighted by molar-refractivity contribution is 6.04. The lowest BCUT2D eigenvalue weighted by Gasteiger charge is -2.11. The van der Waals surface area contributed by atoms with Crippen LogP contribution in [0.15, 0.2) is 67.0 Å². The first kappa shape index (κ1) is 21.7. The summed E-state index contributed by atoms with van der Waals surface area (Å²) in [7, 11) is 1.51. The van der Waals surface area contributed by atoms with Gasteiger partial charge in [0.15, 0.2) is 0 Å². The molecule has 9 heteroatoms. The second kappa shape index (κ2) is 9.73. The number of hydrogen-bond donors (Lipinski definition) is 3. The van der Waals surface area contributed by atoms with E-state index in [1.165, 1.54) is 13.3 Å². The van der Waals surface area contributed by atoms with Gasteiger partial charge in [-0.3, -0.25) is 4.79 Å². The highest BCUT2D eigenvalue weighted by Gasteiger charge is 2.09. The van der Waals surface area contributed by atoms with Crippen molar-refractivity contribution in [2.24, 2.45) is 0 Å². The molecule has 0 fully saturated rings. The van der Waals surface area contributed by atoms with E-state index in [2.05, 4.69) is 35.9 Å². The van der Waals surface area contributed by atoms with Crippen molar-refractivity contribution >= 4 is 34.7 Å². The minimum atomic E-state index is -0.247. The Labute approximate surface area is 191 Å². The van der Waals surface area contributed by atoms with Crippen molar-refractivity contribution in [3.63, 3.8) is 0 Å². The maximum atomic E-state index is 12.5. The van der Waals surface area contributed by atoms with Gasteiger partial charge in [0.05, 0.1) is 7.11 Å². The molecule has 33 heavy (non-hydrogen) atoms. The molecular weight excluding hydrogens is 418 g/mol. The number of pyridine rings is 2. The van der Waals surface area contributed by atoms with Crippen molar-refractivity contribution in [1.29, 1.82) is 0 Å². The normalized spacial score (nSPS) is 10.4. The number of aromatic nitrogens is 4. The van der Waals surface area contributed by atoms with Gasteiger partial charge in [-0.25, -0.2) is 19.9 Å². The van der Waals surface area contributed by atoms with Gasteiger partial charge >= 0.3 is 0 Å². The number of nitrogens with zero attached hydrogens (tertiary/aromatic N) is 4. The summed E-state index contributed by atoms with van der Waals surface area (Å²) in [6.07, 6.45) is 3.28. The van der Waals surface area contributed by atoms with Crippen molar-refractivity contribution < 1.29 is 9.53 Å². The fraction of sp³-hybridized carbons (Fsp3) is 0.125. The molecule has 0 aliphatic carbocycles. The molecular formula is C24H23N7O2. The number of nitrogens with one attached hydrogen (secondary N) is 3. The van der Waals surface area contributed by atoms with E-state index in [9.17, 15) is 4.79 Å². The van der Waals surface area contributed by atoms with E-state index < -0.39 is 0 Å². The molecule has 0 unspecified atom stereocenters. The Morgan fingerprint density at radius 2 is 1.48 bits per heavy atom. The van der Waals surface area contributed by atoms with Crippen LogP contribution in [0.25, 0.3) is 0 Å². The number of ether oxygens (including phenoxy) is 1. The number of carbonyl (C=O) groups excluding carboxylic acids is 1. The first-order valence-electron chi connectivity index (χ1n) is 10.2. The molecule has 0 bridgehead atoms. The van der Waals surface area contributed by atoms with Gasteiger partial charge < -0.3 is 20.7 Å². The maximum Gasteiger partial charge on any atom is 0.255 e. The van der Waals surface area contributed by atoms with Crippen LogP contribution in [0.4, 0.5) is 28.8 Å². The van der Waals surface area contributed by atoms with Crippen LogP contribution < -0.4 is 20.7 Å². The van der Waals surface area contributed by atoms with Crippen LogP contribution in [-0.4, -0.2) is 33.0 Å². The Kier molecular flexibility index (Phi) is 6.40. The number of benzene rings is 1. The Morgan fingerprint density at radius 3 is 2.21 bits per heavy atom. The molecule has 3 N–H and O–H groups in total. The summed E-state index contributed by atoms with van der Waals surface area (Å²) in [6, 6.07) is 16.2. The van der Waals surface area contributed by atoms with Crippen LogP contribution in [0.1, 0.15) is 21.7 Å². The van der Waals surface area contributed by atoms with Crippen LogP contribution in [0.2, 0.25) is 0 Å². The summed E-state index contributed by atoms with van der Waals surface area (Å²) in [4.78, 5) is 29.7. The number of hydrogen-bond acceptors (Lipinski definition) is 8. The molecule has 9 nitrogen and oxygen atoms in total. The predicted molar refractivity (Wildman–Crippen MR) is 127 cm³/mol. The minimum absolute atomic E-state index is 0.247. The van der Waals surface area contributed by atoms with Gasteiger partial charge in [-0.2, -0.15) is 0 Å². The summed E-state index contributed by atoms with van der Waals surface area (Å²) < 4.78 is 5.06. The Hall–Kier alpha value is -4.53. The quantitative estimate of drug-likeness (QED) is 0.380. The van der Waals surface area contributed by atoms with E-state index in [1.54, 1.807) is 18.3 Å². The van der Waals surface area contributed by atoms with Gasteiger partial charge in [0.1, 0.15) is 23.3 Å². The number of amides is 1. The van der Waals surface area contributed by atoms with Gasteiger partial charge in [-0.05, 0) is 61.9 Å². The molecule has 3 aromatic heterocycles. The van der Waals surface area contributed by atoms with Gasteiger partial charge in [0.2, 0.25) is 5.88 Å². The molecule has 0 radical (unpaired) electrons. The number of anilines is 5. The molecule has 0 saturated heterocycles. The molecule has 4 rings (SSSR count). The van der Waals surface area contributed by atoms with E-state index in [1.807, 2.05) is 56.3 Å². The largest absolute Gasteiger partial charge is 0.481 e. The Balaban J connectivity index is 1.43. The summed E-state index contributed by atoms with van der Waals surface area (Å²) in [6.45, 7) is 3.83. The van der Waals surface area contributed by atoms with E-state index in [4.69, 9.17) is 4.74 Å². The van der Waals surface area contributed by atoms with E-state index in [0.717, 1.165) is 11.3 Å². The van der Waals surface area contributed by atoms with Crippen LogP contribution >= 0.6 is 0 Å².